The van der Waals surface area contributed by atoms with Crippen molar-refractivity contribution in [2.75, 3.05) is 18.0 Å². The van der Waals surface area contributed by atoms with Gasteiger partial charge in [-0.3, -0.25) is 4.79 Å². The Bertz CT molecular complexity index is 1030. The van der Waals surface area contributed by atoms with Gasteiger partial charge in [0.25, 0.3) is 0 Å². The monoisotopic (exact) mass is 516 g/mol. The minimum atomic E-state index is -0.0466. The molecule has 156 valence electrons. The van der Waals surface area contributed by atoms with Gasteiger partial charge in [0, 0.05) is 35.0 Å². The van der Waals surface area contributed by atoms with Crippen molar-refractivity contribution >= 4 is 34.3 Å². The maximum Gasteiger partial charge on any atom is 0.225 e. The van der Waals surface area contributed by atoms with E-state index in [4.69, 9.17) is 0 Å². The molecular weight excluding hydrogens is 491 g/mol. The van der Waals surface area contributed by atoms with Gasteiger partial charge in [-0.1, -0.05) is 12.1 Å². The fourth-order valence-electron chi connectivity index (χ4n) is 3.82. The number of nitrogens with one attached hydrogen (secondary N) is 1. The summed E-state index contributed by atoms with van der Waals surface area (Å²) in [4.78, 5) is 23.8. The molecule has 1 aromatic carbocycles. The van der Waals surface area contributed by atoms with E-state index in [1.807, 2.05) is 30.7 Å². The fraction of sp³-hybridized carbons (Fsp3) is 0.364. The van der Waals surface area contributed by atoms with Gasteiger partial charge < -0.3 is 10.2 Å². The van der Waals surface area contributed by atoms with Crippen LogP contribution in [0.1, 0.15) is 29.8 Å². The zero-order valence-corrected chi connectivity index (χ0v) is 19.3. The molecule has 1 aliphatic rings. The number of anilines is 1. The van der Waals surface area contributed by atoms with Crippen LogP contribution >= 0.6 is 22.6 Å². The molecule has 7 nitrogen and oxygen atoms in total. The van der Waals surface area contributed by atoms with Gasteiger partial charge in [-0.15, -0.1) is 0 Å². The first kappa shape index (κ1) is 20.8. The lowest BCUT2D eigenvalue weighted by Crippen LogP contribution is -2.43. The number of benzene rings is 1. The number of carbonyl (C=O) groups is 1. The second-order valence-corrected chi connectivity index (χ2v) is 8.95. The van der Waals surface area contributed by atoms with Crippen LogP contribution in [-0.4, -0.2) is 38.7 Å². The molecule has 1 amide bonds. The van der Waals surface area contributed by atoms with Crippen LogP contribution in [0.5, 0.6) is 0 Å². The first-order chi connectivity index (χ1) is 14.5. The van der Waals surface area contributed by atoms with E-state index in [0.29, 0.717) is 13.1 Å². The van der Waals surface area contributed by atoms with Crippen LogP contribution in [0.25, 0.3) is 5.82 Å². The van der Waals surface area contributed by atoms with E-state index in [1.165, 1.54) is 3.57 Å². The van der Waals surface area contributed by atoms with E-state index in [2.05, 4.69) is 72.1 Å². The van der Waals surface area contributed by atoms with Crippen molar-refractivity contribution in [1.29, 1.82) is 0 Å². The summed E-state index contributed by atoms with van der Waals surface area (Å²) < 4.78 is 3.02. The summed E-state index contributed by atoms with van der Waals surface area (Å²) in [7, 11) is 0. The molecule has 1 unspecified atom stereocenters. The lowest BCUT2D eigenvalue weighted by molar-refractivity contribution is -0.125. The maximum absolute atomic E-state index is 12.8. The molecule has 0 radical (unpaired) electrons. The number of hydrogen-bond donors (Lipinski definition) is 1. The molecule has 4 rings (SSSR count). The number of amides is 1. The molecule has 1 fully saturated rings. The molecular formula is C22H25IN6O. The summed E-state index contributed by atoms with van der Waals surface area (Å²) >= 11 is 2.28. The van der Waals surface area contributed by atoms with Crippen molar-refractivity contribution < 1.29 is 4.79 Å². The van der Waals surface area contributed by atoms with Crippen LogP contribution in [0.15, 0.2) is 42.7 Å². The van der Waals surface area contributed by atoms with Crippen LogP contribution in [0, 0.1) is 23.3 Å². The first-order valence-electron chi connectivity index (χ1n) is 10.1. The molecule has 0 bridgehead atoms. The Morgan fingerprint density at radius 2 is 1.93 bits per heavy atom. The molecule has 1 aliphatic heterocycles. The number of nitrogens with zero attached hydrogens (tertiary/aromatic N) is 5. The molecule has 1 N–H and O–H groups in total. The van der Waals surface area contributed by atoms with Crippen molar-refractivity contribution in [2.45, 2.75) is 33.2 Å². The van der Waals surface area contributed by atoms with Gasteiger partial charge >= 0.3 is 0 Å². The number of halogens is 1. The molecule has 0 aliphatic carbocycles. The van der Waals surface area contributed by atoms with Crippen molar-refractivity contribution in [3.05, 3.63) is 63.2 Å². The van der Waals surface area contributed by atoms with E-state index in [9.17, 15) is 4.79 Å². The first-order valence-corrected chi connectivity index (χ1v) is 11.2. The maximum atomic E-state index is 12.8. The van der Waals surface area contributed by atoms with Crippen molar-refractivity contribution in [3.63, 3.8) is 0 Å². The smallest absolute Gasteiger partial charge is 0.225 e. The van der Waals surface area contributed by atoms with Crippen LogP contribution in [-0.2, 0) is 11.3 Å². The predicted octanol–water partition coefficient (Wildman–Crippen LogP) is 3.42. The molecule has 0 spiro atoms. The Balaban J connectivity index is 1.42. The van der Waals surface area contributed by atoms with Crippen LogP contribution in [0.3, 0.4) is 0 Å². The summed E-state index contributed by atoms with van der Waals surface area (Å²) in [6.07, 6.45) is 3.42. The quantitative estimate of drug-likeness (QED) is 0.527. The van der Waals surface area contributed by atoms with Gasteiger partial charge in [-0.2, -0.15) is 5.10 Å². The number of rotatable bonds is 5. The summed E-state index contributed by atoms with van der Waals surface area (Å²) in [6, 6.07) is 12.2. The standard InChI is InChI=1S/C22H25IN6O/c1-15-10-16(2)29(27-15)21-11-20(25-14-26-21)28-9-3-4-18(13-28)22(30)24-12-17-5-7-19(23)8-6-17/h5-8,10-11,14,18H,3-4,9,12-13H2,1-2H3,(H,24,30). The highest BCUT2D eigenvalue weighted by atomic mass is 127. The molecule has 0 saturated carbocycles. The Morgan fingerprint density at radius 3 is 2.67 bits per heavy atom. The normalized spacial score (nSPS) is 16.5. The van der Waals surface area contributed by atoms with Crippen molar-refractivity contribution in [3.8, 4) is 5.82 Å². The second-order valence-electron chi connectivity index (χ2n) is 7.70. The Kier molecular flexibility index (Phi) is 6.31. The molecule has 3 aromatic rings. The Hall–Kier alpha value is -2.49. The topological polar surface area (TPSA) is 75.9 Å². The number of piperidine rings is 1. The predicted molar refractivity (Wildman–Crippen MR) is 125 cm³/mol. The summed E-state index contributed by atoms with van der Waals surface area (Å²) in [6.45, 7) is 6.08. The largest absolute Gasteiger partial charge is 0.356 e. The fourth-order valence-corrected chi connectivity index (χ4v) is 4.18. The molecule has 8 heteroatoms. The van der Waals surface area contributed by atoms with Gasteiger partial charge in [-0.25, -0.2) is 14.6 Å². The molecule has 30 heavy (non-hydrogen) atoms. The van der Waals surface area contributed by atoms with E-state index >= 15 is 0 Å². The highest BCUT2D eigenvalue weighted by Crippen LogP contribution is 2.23. The third kappa shape index (κ3) is 4.80. The third-order valence-corrected chi connectivity index (χ3v) is 6.08. The van der Waals surface area contributed by atoms with E-state index in [0.717, 1.165) is 48.0 Å². The Morgan fingerprint density at radius 1 is 1.17 bits per heavy atom. The lowest BCUT2D eigenvalue weighted by atomic mass is 9.97. The second kappa shape index (κ2) is 9.11. The minimum absolute atomic E-state index is 0.0466. The summed E-state index contributed by atoms with van der Waals surface area (Å²) in [5, 5.41) is 7.60. The van der Waals surface area contributed by atoms with Gasteiger partial charge in [0.2, 0.25) is 5.91 Å². The molecule has 2 aromatic heterocycles. The number of aryl methyl sites for hydroxylation is 2. The SMILES string of the molecule is Cc1cc(C)n(-c2cc(N3CCCC(C(=O)NCc4ccc(I)cc4)C3)ncn2)n1. The minimum Gasteiger partial charge on any atom is -0.356 e. The summed E-state index contributed by atoms with van der Waals surface area (Å²) in [5.74, 6) is 1.64. The molecule has 1 atom stereocenters. The van der Waals surface area contributed by atoms with E-state index < -0.39 is 0 Å². The van der Waals surface area contributed by atoms with E-state index in [1.54, 1.807) is 6.33 Å². The van der Waals surface area contributed by atoms with Gasteiger partial charge in [0.15, 0.2) is 5.82 Å². The number of aromatic nitrogens is 4. The van der Waals surface area contributed by atoms with Gasteiger partial charge in [0.05, 0.1) is 11.6 Å². The van der Waals surface area contributed by atoms with Crippen LogP contribution in [0.2, 0.25) is 0 Å². The lowest BCUT2D eigenvalue weighted by Gasteiger charge is -2.33. The van der Waals surface area contributed by atoms with Gasteiger partial charge in [-0.05, 0) is 73.0 Å². The van der Waals surface area contributed by atoms with E-state index in [-0.39, 0.29) is 11.8 Å². The Labute approximate surface area is 190 Å². The van der Waals surface area contributed by atoms with Crippen LogP contribution < -0.4 is 10.2 Å². The summed E-state index contributed by atoms with van der Waals surface area (Å²) in [5.41, 5.74) is 3.10. The highest BCUT2D eigenvalue weighted by Gasteiger charge is 2.26. The number of hydrogen-bond acceptors (Lipinski definition) is 5. The van der Waals surface area contributed by atoms with Crippen molar-refractivity contribution in [1.82, 2.24) is 25.1 Å². The average molecular weight is 516 g/mol. The third-order valence-electron chi connectivity index (χ3n) is 5.36. The van der Waals surface area contributed by atoms with Crippen LogP contribution in [0.4, 0.5) is 5.82 Å². The zero-order valence-electron chi connectivity index (χ0n) is 17.2. The average Bonchev–Trinajstić information content (AvgIpc) is 3.11. The van der Waals surface area contributed by atoms with Gasteiger partial charge in [0.1, 0.15) is 12.1 Å². The zero-order chi connectivity index (χ0) is 21.1. The number of carbonyl (C=O) groups excluding carboxylic acids is 1. The highest BCUT2D eigenvalue weighted by molar-refractivity contribution is 14.1. The molecule has 3 heterocycles. The van der Waals surface area contributed by atoms with Crippen molar-refractivity contribution in [2.24, 2.45) is 5.92 Å². The molecule has 1 saturated heterocycles.